The van der Waals surface area contributed by atoms with Crippen LogP contribution in [-0.4, -0.2) is 4.98 Å². The Labute approximate surface area is 79.2 Å². The highest BCUT2D eigenvalue weighted by Gasteiger charge is 2.50. The van der Waals surface area contributed by atoms with E-state index in [1.54, 1.807) is 5.56 Å². The summed E-state index contributed by atoms with van der Waals surface area (Å²) in [7, 11) is 0. The van der Waals surface area contributed by atoms with Gasteiger partial charge in [0, 0.05) is 11.6 Å². The van der Waals surface area contributed by atoms with E-state index < -0.39 is 0 Å². The first kappa shape index (κ1) is 7.54. The maximum absolute atomic E-state index is 4.49. The summed E-state index contributed by atoms with van der Waals surface area (Å²) in [6.45, 7) is 0. The van der Waals surface area contributed by atoms with Crippen molar-refractivity contribution in [2.45, 2.75) is 43.9 Å². The third-order valence-corrected chi connectivity index (χ3v) is 3.67. The van der Waals surface area contributed by atoms with Crippen molar-refractivity contribution in [2.75, 3.05) is 0 Å². The minimum absolute atomic E-state index is 0.458. The van der Waals surface area contributed by atoms with Gasteiger partial charge in [-0.3, -0.25) is 4.98 Å². The van der Waals surface area contributed by atoms with Gasteiger partial charge in [-0.2, -0.15) is 0 Å². The van der Waals surface area contributed by atoms with Crippen LogP contribution in [0.5, 0.6) is 0 Å². The van der Waals surface area contributed by atoms with Crippen LogP contribution in [0.3, 0.4) is 0 Å². The molecule has 0 N–H and O–H groups in total. The number of hydrogen-bond donors (Lipinski definition) is 0. The Morgan fingerprint density at radius 3 is 2.46 bits per heavy atom. The van der Waals surface area contributed by atoms with Crippen molar-refractivity contribution in [3.63, 3.8) is 0 Å². The molecule has 68 valence electrons. The molecule has 1 fully saturated rings. The SMILES string of the molecule is c1cnc2c(c1)C21CCCCCC1. The van der Waals surface area contributed by atoms with E-state index in [1.165, 1.54) is 44.2 Å². The molecule has 0 atom stereocenters. The molecule has 0 amide bonds. The molecule has 0 saturated heterocycles. The van der Waals surface area contributed by atoms with E-state index in [1.807, 2.05) is 6.20 Å². The van der Waals surface area contributed by atoms with Crippen molar-refractivity contribution in [2.24, 2.45) is 0 Å². The molecule has 2 aliphatic rings. The molecule has 3 rings (SSSR count). The molecule has 1 nitrogen and oxygen atoms in total. The number of hydrogen-bond acceptors (Lipinski definition) is 1. The fourth-order valence-corrected chi connectivity index (χ4v) is 2.89. The lowest BCUT2D eigenvalue weighted by molar-refractivity contribution is 0.529. The third kappa shape index (κ3) is 0.962. The highest BCUT2D eigenvalue weighted by molar-refractivity contribution is 5.55. The Kier molecular flexibility index (Phi) is 1.49. The average Bonchev–Trinajstić information content (AvgIpc) is 2.88. The van der Waals surface area contributed by atoms with Gasteiger partial charge < -0.3 is 0 Å². The van der Waals surface area contributed by atoms with Crippen molar-refractivity contribution in [1.29, 1.82) is 0 Å². The highest BCUT2D eigenvalue weighted by atomic mass is 14.8. The topological polar surface area (TPSA) is 12.9 Å². The molecule has 1 saturated carbocycles. The van der Waals surface area contributed by atoms with Crippen molar-refractivity contribution in [3.8, 4) is 0 Å². The molecule has 0 bridgehead atoms. The van der Waals surface area contributed by atoms with Gasteiger partial charge in [-0.05, 0) is 24.5 Å². The van der Waals surface area contributed by atoms with Crippen LogP contribution in [0, 0.1) is 0 Å². The Morgan fingerprint density at radius 2 is 1.85 bits per heavy atom. The average molecular weight is 173 g/mol. The Balaban J connectivity index is 1.93. The highest BCUT2D eigenvalue weighted by Crippen LogP contribution is 2.56. The van der Waals surface area contributed by atoms with Crippen molar-refractivity contribution in [1.82, 2.24) is 4.98 Å². The summed E-state index contributed by atoms with van der Waals surface area (Å²) in [6.07, 6.45) is 10.3. The first-order valence-corrected chi connectivity index (χ1v) is 5.39. The molecule has 1 aromatic rings. The molecule has 1 spiro atoms. The summed E-state index contributed by atoms with van der Waals surface area (Å²) in [6, 6.07) is 4.35. The second-order valence-corrected chi connectivity index (χ2v) is 4.40. The van der Waals surface area contributed by atoms with Gasteiger partial charge in [0.1, 0.15) is 0 Å². The predicted molar refractivity (Wildman–Crippen MR) is 52.7 cm³/mol. The molecule has 0 radical (unpaired) electrons. The summed E-state index contributed by atoms with van der Waals surface area (Å²) < 4.78 is 0. The zero-order chi connectivity index (χ0) is 8.73. The largest absolute Gasteiger partial charge is 0.260 e. The Hall–Kier alpha value is -0.850. The lowest BCUT2D eigenvalue weighted by atomic mass is 9.93. The number of pyridine rings is 1. The van der Waals surface area contributed by atoms with E-state index in [9.17, 15) is 0 Å². The maximum atomic E-state index is 4.49. The summed E-state index contributed by atoms with van der Waals surface area (Å²) in [4.78, 5) is 4.49. The standard InChI is InChI=1S/C12H15N/c1-2-4-8-12(7-3-1)10-6-5-9-13-11(10)12/h5-6,9H,1-4,7-8H2. The number of nitrogens with zero attached hydrogens (tertiary/aromatic N) is 1. The first-order valence-electron chi connectivity index (χ1n) is 5.39. The summed E-state index contributed by atoms with van der Waals surface area (Å²) >= 11 is 0. The number of aromatic nitrogens is 1. The molecule has 13 heavy (non-hydrogen) atoms. The van der Waals surface area contributed by atoms with Crippen LogP contribution in [0.15, 0.2) is 18.3 Å². The third-order valence-electron chi connectivity index (χ3n) is 3.67. The van der Waals surface area contributed by atoms with Crippen molar-refractivity contribution < 1.29 is 0 Å². The fraction of sp³-hybridized carbons (Fsp3) is 0.583. The quantitative estimate of drug-likeness (QED) is 0.587. The second-order valence-electron chi connectivity index (χ2n) is 4.40. The monoisotopic (exact) mass is 173 g/mol. The van der Waals surface area contributed by atoms with Gasteiger partial charge in [-0.25, -0.2) is 0 Å². The molecule has 0 unspecified atom stereocenters. The van der Waals surface area contributed by atoms with Gasteiger partial charge >= 0.3 is 0 Å². The summed E-state index contributed by atoms with van der Waals surface area (Å²) in [5.41, 5.74) is 3.42. The van der Waals surface area contributed by atoms with E-state index in [0.29, 0.717) is 5.41 Å². The zero-order valence-corrected chi connectivity index (χ0v) is 7.92. The smallest absolute Gasteiger partial charge is 0.0551 e. The minimum Gasteiger partial charge on any atom is -0.260 e. The van der Waals surface area contributed by atoms with E-state index in [2.05, 4.69) is 17.1 Å². The summed E-state index contributed by atoms with van der Waals surface area (Å²) in [5.74, 6) is 0. The minimum atomic E-state index is 0.458. The van der Waals surface area contributed by atoms with E-state index >= 15 is 0 Å². The number of rotatable bonds is 0. The van der Waals surface area contributed by atoms with Crippen LogP contribution in [-0.2, 0) is 5.41 Å². The lowest BCUT2D eigenvalue weighted by Crippen LogP contribution is -2.06. The van der Waals surface area contributed by atoms with Gasteiger partial charge in [0.2, 0.25) is 0 Å². The van der Waals surface area contributed by atoms with Gasteiger partial charge in [-0.15, -0.1) is 0 Å². The first-order chi connectivity index (χ1) is 6.43. The Morgan fingerprint density at radius 1 is 1.08 bits per heavy atom. The van der Waals surface area contributed by atoms with Crippen LogP contribution in [0.4, 0.5) is 0 Å². The van der Waals surface area contributed by atoms with Crippen LogP contribution in [0.2, 0.25) is 0 Å². The normalized spacial score (nSPS) is 23.7. The fourth-order valence-electron chi connectivity index (χ4n) is 2.89. The Bertz CT molecular complexity index is 297. The van der Waals surface area contributed by atoms with E-state index in [0.717, 1.165) is 0 Å². The van der Waals surface area contributed by atoms with Crippen LogP contribution in [0.25, 0.3) is 0 Å². The molecular weight excluding hydrogens is 158 g/mol. The van der Waals surface area contributed by atoms with Crippen LogP contribution >= 0.6 is 0 Å². The van der Waals surface area contributed by atoms with Gasteiger partial charge in [0.05, 0.1) is 5.69 Å². The van der Waals surface area contributed by atoms with Gasteiger partial charge in [0.15, 0.2) is 0 Å². The van der Waals surface area contributed by atoms with E-state index in [4.69, 9.17) is 0 Å². The molecule has 1 aromatic heterocycles. The van der Waals surface area contributed by atoms with Gasteiger partial charge in [0.25, 0.3) is 0 Å². The molecule has 1 heterocycles. The van der Waals surface area contributed by atoms with E-state index in [-0.39, 0.29) is 0 Å². The van der Waals surface area contributed by atoms with Gasteiger partial charge in [-0.1, -0.05) is 31.7 Å². The molecule has 0 aromatic carbocycles. The van der Waals surface area contributed by atoms with Crippen LogP contribution < -0.4 is 0 Å². The van der Waals surface area contributed by atoms with Crippen molar-refractivity contribution >= 4 is 0 Å². The zero-order valence-electron chi connectivity index (χ0n) is 7.92. The number of fused-ring (bicyclic) bond motifs is 3. The maximum Gasteiger partial charge on any atom is 0.0551 e. The summed E-state index contributed by atoms with van der Waals surface area (Å²) in [5, 5.41) is 0. The van der Waals surface area contributed by atoms with Crippen molar-refractivity contribution in [3.05, 3.63) is 29.6 Å². The predicted octanol–water partition coefficient (Wildman–Crippen LogP) is 3.04. The molecule has 2 aliphatic carbocycles. The second kappa shape index (κ2) is 2.57. The molecule has 1 heteroatoms. The molecular formula is C12H15N. The van der Waals surface area contributed by atoms with Crippen LogP contribution in [0.1, 0.15) is 49.8 Å². The lowest BCUT2D eigenvalue weighted by Gasteiger charge is -2.10. The molecule has 0 aliphatic heterocycles.